The molecule has 1 aromatic carbocycles. The summed E-state index contributed by atoms with van der Waals surface area (Å²) in [6, 6.07) is 7.94. The van der Waals surface area contributed by atoms with Gasteiger partial charge in [0.2, 0.25) is 5.91 Å². The highest BCUT2D eigenvalue weighted by atomic mass is 35.5. The first-order valence-electron chi connectivity index (χ1n) is 7.38. The van der Waals surface area contributed by atoms with Crippen molar-refractivity contribution in [2.75, 3.05) is 13.1 Å². The Kier molecular flexibility index (Phi) is 5.86. The topological polar surface area (TPSA) is 41.1 Å². The largest absolute Gasteiger partial charge is 0.353 e. The zero-order valence-electron chi connectivity index (χ0n) is 12.0. The molecule has 1 amide bonds. The number of hydrogen-bond donors (Lipinski definition) is 2. The number of hydrogen-bond acceptors (Lipinski definition) is 2. The minimum Gasteiger partial charge on any atom is -0.353 e. The van der Waals surface area contributed by atoms with Crippen LogP contribution in [0.5, 0.6) is 0 Å². The van der Waals surface area contributed by atoms with Crippen LogP contribution < -0.4 is 10.6 Å². The van der Waals surface area contributed by atoms with Gasteiger partial charge >= 0.3 is 0 Å². The zero-order valence-corrected chi connectivity index (χ0v) is 12.7. The zero-order chi connectivity index (χ0) is 14.4. The summed E-state index contributed by atoms with van der Waals surface area (Å²) >= 11 is 5.97. The molecule has 0 radical (unpaired) electrons. The normalized spacial score (nSPS) is 20.4. The van der Waals surface area contributed by atoms with Crippen molar-refractivity contribution in [1.82, 2.24) is 10.6 Å². The van der Waals surface area contributed by atoms with Crippen LogP contribution in [-0.4, -0.2) is 25.0 Å². The molecule has 1 fully saturated rings. The van der Waals surface area contributed by atoms with Gasteiger partial charge in [0.05, 0.1) is 0 Å². The van der Waals surface area contributed by atoms with Gasteiger partial charge in [0.1, 0.15) is 0 Å². The van der Waals surface area contributed by atoms with Gasteiger partial charge in [-0.1, -0.05) is 23.7 Å². The van der Waals surface area contributed by atoms with E-state index in [1.807, 2.05) is 31.2 Å². The molecular weight excluding hydrogens is 272 g/mol. The van der Waals surface area contributed by atoms with Crippen LogP contribution in [0, 0.1) is 5.92 Å². The molecule has 1 aliphatic rings. The molecule has 3 nitrogen and oxygen atoms in total. The fourth-order valence-corrected chi connectivity index (χ4v) is 2.98. The van der Waals surface area contributed by atoms with Gasteiger partial charge < -0.3 is 10.6 Å². The van der Waals surface area contributed by atoms with Gasteiger partial charge in [-0.2, -0.15) is 0 Å². The van der Waals surface area contributed by atoms with E-state index in [9.17, 15) is 4.79 Å². The average Bonchev–Trinajstić information content (AvgIpc) is 2.39. The van der Waals surface area contributed by atoms with Crippen molar-refractivity contribution in [2.24, 2.45) is 5.92 Å². The lowest BCUT2D eigenvalue weighted by atomic mass is 9.95. The van der Waals surface area contributed by atoms with Crippen LogP contribution in [0.15, 0.2) is 24.3 Å². The quantitative estimate of drug-likeness (QED) is 0.877. The lowest BCUT2D eigenvalue weighted by Gasteiger charge is -2.23. The third kappa shape index (κ3) is 5.14. The summed E-state index contributed by atoms with van der Waals surface area (Å²) in [6.07, 6.45) is 3.78. The van der Waals surface area contributed by atoms with E-state index in [-0.39, 0.29) is 11.9 Å². The fraction of sp³-hybridized carbons (Fsp3) is 0.562. The molecule has 2 rings (SSSR count). The lowest BCUT2D eigenvalue weighted by Crippen LogP contribution is -2.38. The van der Waals surface area contributed by atoms with Crippen LogP contribution in [0.25, 0.3) is 0 Å². The van der Waals surface area contributed by atoms with Crippen molar-refractivity contribution in [3.63, 3.8) is 0 Å². The van der Waals surface area contributed by atoms with E-state index in [0.717, 1.165) is 36.5 Å². The van der Waals surface area contributed by atoms with Gasteiger partial charge in [-0.05, 0) is 62.9 Å². The molecule has 1 heterocycles. The van der Waals surface area contributed by atoms with Crippen LogP contribution in [0.1, 0.15) is 31.7 Å². The Labute approximate surface area is 126 Å². The van der Waals surface area contributed by atoms with E-state index in [0.29, 0.717) is 12.3 Å². The Morgan fingerprint density at radius 1 is 1.55 bits per heavy atom. The summed E-state index contributed by atoms with van der Waals surface area (Å²) in [7, 11) is 0. The smallest absolute Gasteiger partial charge is 0.220 e. The maximum Gasteiger partial charge on any atom is 0.220 e. The molecule has 0 aromatic heterocycles. The molecule has 20 heavy (non-hydrogen) atoms. The van der Waals surface area contributed by atoms with Gasteiger partial charge in [0.15, 0.2) is 0 Å². The Balaban J connectivity index is 1.75. The Morgan fingerprint density at radius 2 is 2.40 bits per heavy atom. The molecule has 1 aliphatic heterocycles. The second kappa shape index (κ2) is 7.65. The Morgan fingerprint density at radius 3 is 3.10 bits per heavy atom. The minimum absolute atomic E-state index is 0.137. The molecule has 2 N–H and O–H groups in total. The SMILES string of the molecule is CC(Cc1cccc(Cl)c1)NC(=O)CC1CCCNC1. The van der Waals surface area contributed by atoms with Crippen molar-refractivity contribution < 1.29 is 4.79 Å². The molecular formula is C16H23ClN2O. The second-order valence-corrected chi connectivity index (χ2v) is 6.16. The Bertz CT molecular complexity index is 444. The van der Waals surface area contributed by atoms with Crippen LogP contribution in [0.4, 0.5) is 0 Å². The number of nitrogens with one attached hydrogen (secondary N) is 2. The van der Waals surface area contributed by atoms with E-state index in [1.54, 1.807) is 0 Å². The highest BCUT2D eigenvalue weighted by molar-refractivity contribution is 6.30. The average molecular weight is 295 g/mol. The van der Waals surface area contributed by atoms with E-state index >= 15 is 0 Å². The molecule has 0 aliphatic carbocycles. The molecule has 1 saturated heterocycles. The number of benzene rings is 1. The van der Waals surface area contributed by atoms with Crippen molar-refractivity contribution >= 4 is 17.5 Å². The van der Waals surface area contributed by atoms with Gasteiger partial charge in [0.25, 0.3) is 0 Å². The molecule has 0 bridgehead atoms. The molecule has 2 unspecified atom stereocenters. The molecule has 2 atom stereocenters. The molecule has 1 aromatic rings. The molecule has 0 saturated carbocycles. The highest BCUT2D eigenvalue weighted by Crippen LogP contribution is 2.15. The minimum atomic E-state index is 0.137. The summed E-state index contributed by atoms with van der Waals surface area (Å²) in [6.45, 7) is 4.09. The summed E-state index contributed by atoms with van der Waals surface area (Å²) < 4.78 is 0. The van der Waals surface area contributed by atoms with E-state index in [4.69, 9.17) is 11.6 Å². The predicted molar refractivity (Wildman–Crippen MR) is 83.0 cm³/mol. The van der Waals surface area contributed by atoms with Gasteiger partial charge in [0, 0.05) is 17.5 Å². The van der Waals surface area contributed by atoms with Crippen LogP contribution in [0.2, 0.25) is 5.02 Å². The van der Waals surface area contributed by atoms with Gasteiger partial charge in [-0.25, -0.2) is 0 Å². The summed E-state index contributed by atoms with van der Waals surface area (Å²) in [5.41, 5.74) is 1.16. The number of amides is 1. The van der Waals surface area contributed by atoms with E-state index in [1.165, 1.54) is 6.42 Å². The molecule has 0 spiro atoms. The first kappa shape index (κ1) is 15.3. The number of piperidine rings is 1. The monoisotopic (exact) mass is 294 g/mol. The first-order valence-corrected chi connectivity index (χ1v) is 7.76. The van der Waals surface area contributed by atoms with Crippen LogP contribution >= 0.6 is 11.6 Å². The summed E-state index contributed by atoms with van der Waals surface area (Å²) in [5.74, 6) is 0.648. The summed E-state index contributed by atoms with van der Waals surface area (Å²) in [4.78, 5) is 12.0. The van der Waals surface area contributed by atoms with Gasteiger partial charge in [-0.15, -0.1) is 0 Å². The van der Waals surface area contributed by atoms with Gasteiger partial charge in [-0.3, -0.25) is 4.79 Å². The van der Waals surface area contributed by atoms with Crippen molar-refractivity contribution in [3.05, 3.63) is 34.9 Å². The van der Waals surface area contributed by atoms with Crippen molar-refractivity contribution in [3.8, 4) is 0 Å². The fourth-order valence-electron chi connectivity index (χ4n) is 2.76. The van der Waals surface area contributed by atoms with Crippen LogP contribution in [0.3, 0.4) is 0 Å². The van der Waals surface area contributed by atoms with E-state index < -0.39 is 0 Å². The van der Waals surface area contributed by atoms with Crippen LogP contribution in [-0.2, 0) is 11.2 Å². The third-order valence-corrected chi connectivity index (χ3v) is 3.95. The number of rotatable bonds is 5. The maximum atomic E-state index is 12.0. The second-order valence-electron chi connectivity index (χ2n) is 5.72. The van der Waals surface area contributed by atoms with Crippen molar-refractivity contribution in [2.45, 2.75) is 38.6 Å². The van der Waals surface area contributed by atoms with E-state index in [2.05, 4.69) is 10.6 Å². The third-order valence-electron chi connectivity index (χ3n) is 3.71. The van der Waals surface area contributed by atoms with Crippen molar-refractivity contribution in [1.29, 1.82) is 0 Å². The first-order chi connectivity index (χ1) is 9.63. The predicted octanol–water partition coefficient (Wildman–Crippen LogP) is 2.78. The number of carbonyl (C=O) groups is 1. The Hall–Kier alpha value is -1.06. The number of carbonyl (C=O) groups excluding carboxylic acids is 1. The molecule has 110 valence electrons. The molecule has 4 heteroatoms. The number of halogens is 1. The summed E-state index contributed by atoms with van der Waals surface area (Å²) in [5, 5.41) is 7.17. The maximum absolute atomic E-state index is 12.0. The lowest BCUT2D eigenvalue weighted by molar-refractivity contribution is -0.122. The highest BCUT2D eigenvalue weighted by Gasteiger charge is 2.17. The standard InChI is InChI=1S/C16H23ClN2O/c1-12(8-13-4-2-6-15(17)9-13)19-16(20)10-14-5-3-7-18-11-14/h2,4,6,9,12,14,18H,3,5,7-8,10-11H2,1H3,(H,19,20).